The minimum Gasteiger partial charge on any atom is -0.481 e. The molecule has 0 aromatic rings. The summed E-state index contributed by atoms with van der Waals surface area (Å²) in [5.74, 6) is -3.19. The second-order valence-electron chi connectivity index (χ2n) is 7.31. The lowest BCUT2D eigenvalue weighted by Gasteiger charge is -2.26. The van der Waals surface area contributed by atoms with Crippen LogP contribution in [-0.2, 0) is 19.2 Å². The maximum atomic E-state index is 10.5. The fourth-order valence-electron chi connectivity index (χ4n) is 3.72. The zero-order valence-corrected chi connectivity index (χ0v) is 14.8. The number of rotatable bonds is 6. The lowest BCUT2D eigenvalue weighted by Crippen LogP contribution is -2.25. The van der Waals surface area contributed by atoms with E-state index in [1.54, 1.807) is 0 Å². The second kappa shape index (κ2) is 10.8. The second-order valence-corrected chi connectivity index (χ2v) is 7.31. The molecular formula is C18H28O8. The molecule has 0 unspecified atom stereocenters. The van der Waals surface area contributed by atoms with Gasteiger partial charge < -0.3 is 20.4 Å². The van der Waals surface area contributed by atoms with Crippen molar-refractivity contribution in [1.82, 2.24) is 0 Å². The Labute approximate surface area is 152 Å². The molecule has 2 saturated carbocycles. The highest BCUT2D eigenvalue weighted by molar-refractivity contribution is 5.72. The third-order valence-corrected chi connectivity index (χ3v) is 5.32. The van der Waals surface area contributed by atoms with E-state index >= 15 is 0 Å². The van der Waals surface area contributed by atoms with Crippen molar-refractivity contribution in [1.29, 1.82) is 0 Å². The standard InChI is InChI=1S/C10H16O4.C8H12O4/c11-9(12)5-7-1-2-8(4-3-7)6-10(13)14;9-7(10)5-1-2-6(4-3-5)8(11)12/h7-8H,1-6H2,(H,11,12)(H,13,14);5-6H,1-4H2,(H,9,10)(H,11,12). The zero-order chi connectivity index (χ0) is 19.7. The van der Waals surface area contributed by atoms with Crippen molar-refractivity contribution in [2.75, 3.05) is 0 Å². The summed E-state index contributed by atoms with van der Waals surface area (Å²) < 4.78 is 0. The summed E-state index contributed by atoms with van der Waals surface area (Å²) in [6, 6.07) is 0. The molecule has 0 bridgehead atoms. The van der Waals surface area contributed by atoms with Gasteiger partial charge in [0.15, 0.2) is 0 Å². The van der Waals surface area contributed by atoms with E-state index in [-0.39, 0.29) is 36.5 Å². The van der Waals surface area contributed by atoms with Crippen molar-refractivity contribution < 1.29 is 39.6 Å². The van der Waals surface area contributed by atoms with E-state index in [9.17, 15) is 19.2 Å². The summed E-state index contributed by atoms with van der Waals surface area (Å²) in [7, 11) is 0. The van der Waals surface area contributed by atoms with Crippen LogP contribution < -0.4 is 0 Å². The molecule has 0 heterocycles. The number of aliphatic carboxylic acids is 4. The molecule has 26 heavy (non-hydrogen) atoms. The van der Waals surface area contributed by atoms with E-state index < -0.39 is 23.9 Å². The predicted octanol–water partition coefficient (Wildman–Crippen LogP) is 2.70. The molecule has 0 amide bonds. The van der Waals surface area contributed by atoms with Crippen LogP contribution >= 0.6 is 0 Å². The number of carboxylic acids is 4. The first-order valence-corrected chi connectivity index (χ1v) is 9.08. The van der Waals surface area contributed by atoms with E-state index in [1.807, 2.05) is 0 Å². The van der Waals surface area contributed by atoms with Gasteiger partial charge in [-0.3, -0.25) is 19.2 Å². The van der Waals surface area contributed by atoms with Crippen molar-refractivity contribution in [2.24, 2.45) is 23.7 Å². The summed E-state index contributed by atoms with van der Waals surface area (Å²) in [5.41, 5.74) is 0. The third-order valence-electron chi connectivity index (χ3n) is 5.32. The van der Waals surface area contributed by atoms with Gasteiger partial charge in [-0.05, 0) is 63.2 Å². The van der Waals surface area contributed by atoms with Gasteiger partial charge in [-0.1, -0.05) is 0 Å². The van der Waals surface area contributed by atoms with Gasteiger partial charge in [-0.15, -0.1) is 0 Å². The molecule has 0 aromatic heterocycles. The molecule has 2 rings (SSSR count). The number of hydrogen-bond donors (Lipinski definition) is 4. The monoisotopic (exact) mass is 372 g/mol. The number of hydrogen-bond acceptors (Lipinski definition) is 4. The Morgan fingerprint density at radius 2 is 0.808 bits per heavy atom. The normalized spacial score (nSPS) is 28.3. The molecule has 8 heteroatoms. The molecule has 2 aliphatic rings. The van der Waals surface area contributed by atoms with E-state index in [0.717, 1.165) is 25.7 Å². The average Bonchev–Trinajstić information content (AvgIpc) is 2.56. The molecule has 0 radical (unpaired) electrons. The number of carbonyl (C=O) groups is 4. The van der Waals surface area contributed by atoms with Gasteiger partial charge >= 0.3 is 23.9 Å². The SMILES string of the molecule is O=C(O)C1CCC(C(=O)O)CC1.O=C(O)CC1CCC(CC(=O)O)CC1. The lowest BCUT2D eigenvalue weighted by atomic mass is 9.79. The maximum absolute atomic E-state index is 10.5. The minimum atomic E-state index is -0.793. The molecule has 2 aliphatic carbocycles. The van der Waals surface area contributed by atoms with Crippen molar-refractivity contribution >= 4 is 23.9 Å². The summed E-state index contributed by atoms with van der Waals surface area (Å²) in [6.07, 6.45) is 5.96. The third kappa shape index (κ3) is 8.31. The summed E-state index contributed by atoms with van der Waals surface area (Å²) in [5, 5.41) is 34.4. The molecule has 0 spiro atoms. The van der Waals surface area contributed by atoms with E-state index in [1.165, 1.54) is 0 Å². The lowest BCUT2D eigenvalue weighted by molar-refractivity contribution is -0.148. The van der Waals surface area contributed by atoms with Crippen molar-refractivity contribution in [2.45, 2.75) is 64.2 Å². The van der Waals surface area contributed by atoms with Crippen LogP contribution in [0.25, 0.3) is 0 Å². The molecule has 0 atom stereocenters. The Morgan fingerprint density at radius 3 is 1.00 bits per heavy atom. The highest BCUT2D eigenvalue weighted by Crippen LogP contribution is 2.32. The van der Waals surface area contributed by atoms with Crippen LogP contribution in [0.1, 0.15) is 64.2 Å². The Hall–Kier alpha value is -2.12. The van der Waals surface area contributed by atoms with Crippen LogP contribution in [0, 0.1) is 23.7 Å². The first-order valence-electron chi connectivity index (χ1n) is 9.08. The molecular weight excluding hydrogens is 344 g/mol. The predicted molar refractivity (Wildman–Crippen MR) is 90.7 cm³/mol. The number of carboxylic acid groups (broad SMARTS) is 4. The van der Waals surface area contributed by atoms with Gasteiger partial charge in [0.2, 0.25) is 0 Å². The molecule has 148 valence electrons. The van der Waals surface area contributed by atoms with E-state index in [4.69, 9.17) is 20.4 Å². The van der Waals surface area contributed by atoms with Crippen LogP contribution in [-0.4, -0.2) is 44.3 Å². The largest absolute Gasteiger partial charge is 0.481 e. The van der Waals surface area contributed by atoms with Gasteiger partial charge in [-0.25, -0.2) is 0 Å². The van der Waals surface area contributed by atoms with Crippen LogP contribution in [0.3, 0.4) is 0 Å². The Balaban J connectivity index is 0.000000263. The Morgan fingerprint density at radius 1 is 0.538 bits per heavy atom. The minimum absolute atomic E-state index is 0.236. The molecule has 4 N–H and O–H groups in total. The van der Waals surface area contributed by atoms with Crippen LogP contribution in [0.2, 0.25) is 0 Å². The van der Waals surface area contributed by atoms with Crippen LogP contribution in [0.15, 0.2) is 0 Å². The van der Waals surface area contributed by atoms with E-state index in [2.05, 4.69) is 0 Å². The van der Waals surface area contributed by atoms with Gasteiger partial charge in [0.1, 0.15) is 0 Å². The van der Waals surface area contributed by atoms with Gasteiger partial charge in [-0.2, -0.15) is 0 Å². The van der Waals surface area contributed by atoms with Crippen molar-refractivity contribution in [3.05, 3.63) is 0 Å². The molecule has 8 nitrogen and oxygen atoms in total. The zero-order valence-electron chi connectivity index (χ0n) is 14.8. The maximum Gasteiger partial charge on any atom is 0.306 e. The fraction of sp³-hybridized carbons (Fsp3) is 0.778. The van der Waals surface area contributed by atoms with Gasteiger partial charge in [0, 0.05) is 12.8 Å². The first-order chi connectivity index (χ1) is 12.2. The summed E-state index contributed by atoms with van der Waals surface area (Å²) in [4.78, 5) is 41.8. The summed E-state index contributed by atoms with van der Waals surface area (Å²) in [6.45, 7) is 0. The van der Waals surface area contributed by atoms with Gasteiger partial charge in [0.25, 0.3) is 0 Å². The smallest absolute Gasteiger partial charge is 0.306 e. The van der Waals surface area contributed by atoms with Crippen molar-refractivity contribution in [3.8, 4) is 0 Å². The van der Waals surface area contributed by atoms with E-state index in [0.29, 0.717) is 25.7 Å². The van der Waals surface area contributed by atoms with Crippen LogP contribution in [0.5, 0.6) is 0 Å². The topological polar surface area (TPSA) is 149 Å². The summed E-state index contributed by atoms with van der Waals surface area (Å²) >= 11 is 0. The molecule has 2 fully saturated rings. The van der Waals surface area contributed by atoms with Crippen molar-refractivity contribution in [3.63, 3.8) is 0 Å². The quantitative estimate of drug-likeness (QED) is 0.556. The average molecular weight is 372 g/mol. The Bertz CT molecular complexity index is 453. The fourth-order valence-corrected chi connectivity index (χ4v) is 3.72. The van der Waals surface area contributed by atoms with Crippen LogP contribution in [0.4, 0.5) is 0 Å². The highest BCUT2D eigenvalue weighted by atomic mass is 16.4. The molecule has 0 aliphatic heterocycles. The van der Waals surface area contributed by atoms with Gasteiger partial charge in [0.05, 0.1) is 11.8 Å². The highest BCUT2D eigenvalue weighted by Gasteiger charge is 2.29. The Kier molecular flexibility index (Phi) is 9.09. The molecule has 0 aromatic carbocycles. The first kappa shape index (κ1) is 21.9. The molecule has 0 saturated heterocycles.